The van der Waals surface area contributed by atoms with Gasteiger partial charge in [-0.25, -0.2) is 0 Å². The van der Waals surface area contributed by atoms with E-state index in [2.05, 4.69) is 34.6 Å². The molecule has 0 amide bonds. The first-order valence-corrected chi connectivity index (χ1v) is 30.2. The zero-order valence-corrected chi connectivity index (χ0v) is 46.0. The fourth-order valence-electron chi connectivity index (χ4n) is 9.40. The number of esters is 3. The molecule has 67 heavy (non-hydrogen) atoms. The van der Waals surface area contributed by atoms with Crippen molar-refractivity contribution in [2.45, 2.75) is 349 Å². The van der Waals surface area contributed by atoms with Crippen molar-refractivity contribution in [1.29, 1.82) is 0 Å². The molecule has 0 radical (unpaired) electrons. The second-order valence-corrected chi connectivity index (χ2v) is 21.9. The minimum Gasteiger partial charge on any atom is -0.462 e. The Morgan fingerprint density at radius 1 is 0.284 bits per heavy atom. The molecule has 0 aliphatic heterocycles. The maximum atomic E-state index is 12.8. The summed E-state index contributed by atoms with van der Waals surface area (Å²) in [6.45, 7) is 11.4. The molecule has 0 saturated carbocycles. The maximum Gasteiger partial charge on any atom is 0.306 e. The van der Waals surface area contributed by atoms with Gasteiger partial charge in [0.1, 0.15) is 13.2 Å². The summed E-state index contributed by atoms with van der Waals surface area (Å²) in [4.78, 5) is 38.2. The summed E-state index contributed by atoms with van der Waals surface area (Å²) < 4.78 is 16.9. The highest BCUT2D eigenvalue weighted by molar-refractivity contribution is 5.71. The third kappa shape index (κ3) is 55.2. The highest BCUT2D eigenvalue weighted by Crippen LogP contribution is 2.18. The molecule has 0 heterocycles. The summed E-state index contributed by atoms with van der Waals surface area (Å²) in [6, 6.07) is 0. The van der Waals surface area contributed by atoms with Crippen LogP contribution in [0, 0.1) is 11.8 Å². The van der Waals surface area contributed by atoms with Gasteiger partial charge < -0.3 is 14.2 Å². The lowest BCUT2D eigenvalue weighted by Gasteiger charge is -2.18. The largest absolute Gasteiger partial charge is 0.462 e. The van der Waals surface area contributed by atoms with E-state index in [1.54, 1.807) is 0 Å². The van der Waals surface area contributed by atoms with E-state index in [4.69, 9.17) is 14.2 Å². The topological polar surface area (TPSA) is 78.9 Å². The van der Waals surface area contributed by atoms with Crippen molar-refractivity contribution < 1.29 is 28.6 Å². The normalized spacial score (nSPS) is 12.0. The zero-order valence-electron chi connectivity index (χ0n) is 46.0. The van der Waals surface area contributed by atoms with Gasteiger partial charge in [-0.15, -0.1) is 0 Å². The maximum absolute atomic E-state index is 12.8. The quantitative estimate of drug-likeness (QED) is 0.0343. The number of hydrogen-bond donors (Lipinski definition) is 0. The monoisotopic (exact) mass is 947 g/mol. The Bertz CT molecular complexity index is 1020. The minimum absolute atomic E-state index is 0.0622. The molecule has 6 heteroatoms. The highest BCUT2D eigenvalue weighted by Gasteiger charge is 2.19. The molecule has 0 aromatic rings. The summed E-state index contributed by atoms with van der Waals surface area (Å²) >= 11 is 0. The van der Waals surface area contributed by atoms with E-state index in [1.807, 2.05) is 0 Å². The first kappa shape index (κ1) is 65.4. The molecule has 0 spiro atoms. The Hall–Kier alpha value is -1.59. The zero-order chi connectivity index (χ0) is 48.9. The fraction of sp³-hybridized carbons (Fsp3) is 0.951. The number of hydrogen-bond acceptors (Lipinski definition) is 6. The average Bonchev–Trinajstić information content (AvgIpc) is 3.30. The first-order valence-electron chi connectivity index (χ1n) is 30.2. The smallest absolute Gasteiger partial charge is 0.306 e. The highest BCUT2D eigenvalue weighted by atomic mass is 16.6. The number of ether oxygens (including phenoxy) is 3. The van der Waals surface area contributed by atoms with Gasteiger partial charge in [-0.3, -0.25) is 14.4 Å². The van der Waals surface area contributed by atoms with Crippen LogP contribution in [-0.2, 0) is 28.6 Å². The molecule has 0 bridgehead atoms. The lowest BCUT2D eigenvalue weighted by Crippen LogP contribution is -2.30. The van der Waals surface area contributed by atoms with E-state index in [-0.39, 0.29) is 31.1 Å². The van der Waals surface area contributed by atoms with Crippen LogP contribution in [-0.4, -0.2) is 37.2 Å². The van der Waals surface area contributed by atoms with Crippen molar-refractivity contribution in [3.8, 4) is 0 Å². The van der Waals surface area contributed by atoms with Crippen molar-refractivity contribution >= 4 is 17.9 Å². The SMILES string of the molecule is CCCCCCCCCCCCCCCC(=O)O[C@@H](COC(=O)CCCCCCCCCCCCCCCCCCC(C)C)COC(=O)CCCCCCCCCCCCCCCCC(C)C. The Morgan fingerprint density at radius 3 is 0.731 bits per heavy atom. The molecule has 0 unspecified atom stereocenters. The van der Waals surface area contributed by atoms with Gasteiger partial charge in [0.25, 0.3) is 0 Å². The average molecular weight is 948 g/mol. The van der Waals surface area contributed by atoms with Crippen LogP contribution in [0.25, 0.3) is 0 Å². The molecule has 0 aliphatic rings. The molecular weight excluding hydrogens is 829 g/mol. The molecule has 1 atom stereocenters. The number of unbranched alkanes of at least 4 members (excludes halogenated alkanes) is 40. The van der Waals surface area contributed by atoms with Crippen LogP contribution < -0.4 is 0 Å². The van der Waals surface area contributed by atoms with Crippen molar-refractivity contribution in [2.24, 2.45) is 11.8 Å². The second-order valence-electron chi connectivity index (χ2n) is 21.9. The number of carbonyl (C=O) groups excluding carboxylic acids is 3. The van der Waals surface area contributed by atoms with E-state index in [1.165, 1.54) is 231 Å². The van der Waals surface area contributed by atoms with Crippen LogP contribution in [0.5, 0.6) is 0 Å². The minimum atomic E-state index is -0.763. The first-order chi connectivity index (χ1) is 32.7. The van der Waals surface area contributed by atoms with Crippen molar-refractivity contribution in [1.82, 2.24) is 0 Å². The van der Waals surface area contributed by atoms with Crippen molar-refractivity contribution in [3.05, 3.63) is 0 Å². The Balaban J connectivity index is 4.26. The van der Waals surface area contributed by atoms with Gasteiger partial charge in [-0.05, 0) is 31.1 Å². The van der Waals surface area contributed by atoms with Crippen LogP contribution in [0.15, 0.2) is 0 Å². The lowest BCUT2D eigenvalue weighted by atomic mass is 10.0. The van der Waals surface area contributed by atoms with Gasteiger partial charge >= 0.3 is 17.9 Å². The van der Waals surface area contributed by atoms with Gasteiger partial charge in [0, 0.05) is 19.3 Å². The lowest BCUT2D eigenvalue weighted by molar-refractivity contribution is -0.167. The van der Waals surface area contributed by atoms with E-state index in [0.717, 1.165) is 69.6 Å². The van der Waals surface area contributed by atoms with Crippen LogP contribution in [0.4, 0.5) is 0 Å². The van der Waals surface area contributed by atoms with Crippen LogP contribution in [0.3, 0.4) is 0 Å². The van der Waals surface area contributed by atoms with Crippen LogP contribution in [0.1, 0.15) is 343 Å². The second kappa shape index (κ2) is 53.8. The molecule has 6 nitrogen and oxygen atoms in total. The predicted octanol–water partition coefficient (Wildman–Crippen LogP) is 20.0. The van der Waals surface area contributed by atoms with E-state index < -0.39 is 6.10 Å². The van der Waals surface area contributed by atoms with Crippen molar-refractivity contribution in [3.63, 3.8) is 0 Å². The van der Waals surface area contributed by atoms with Crippen molar-refractivity contribution in [2.75, 3.05) is 13.2 Å². The fourth-order valence-corrected chi connectivity index (χ4v) is 9.40. The standard InChI is InChI=1S/C61H118O6/c1-6-7-8-9-10-11-12-19-28-33-38-43-48-53-61(64)67-58(55-66-60(63)52-47-42-37-32-27-23-18-17-21-25-30-35-40-45-50-57(4)5)54-65-59(62)51-46-41-36-31-26-22-16-14-13-15-20-24-29-34-39-44-49-56(2)3/h56-58H,6-55H2,1-5H3/t58-/m0/s1. The molecule has 398 valence electrons. The van der Waals surface area contributed by atoms with Gasteiger partial charge in [0.05, 0.1) is 0 Å². The predicted molar refractivity (Wildman–Crippen MR) is 289 cm³/mol. The van der Waals surface area contributed by atoms with Crippen LogP contribution >= 0.6 is 0 Å². The summed E-state index contributed by atoms with van der Waals surface area (Å²) in [7, 11) is 0. The van der Waals surface area contributed by atoms with Gasteiger partial charge in [-0.1, -0.05) is 304 Å². The molecule has 0 N–H and O–H groups in total. The molecule has 0 aliphatic carbocycles. The van der Waals surface area contributed by atoms with Gasteiger partial charge in [0.15, 0.2) is 6.10 Å². The summed E-state index contributed by atoms with van der Waals surface area (Å²) in [5.74, 6) is 0.863. The van der Waals surface area contributed by atoms with E-state index in [9.17, 15) is 14.4 Å². The Labute approximate surface area is 418 Å². The van der Waals surface area contributed by atoms with Gasteiger partial charge in [0.2, 0.25) is 0 Å². The molecule has 0 aromatic carbocycles. The molecular formula is C61H118O6. The van der Waals surface area contributed by atoms with E-state index >= 15 is 0 Å². The Morgan fingerprint density at radius 2 is 0.493 bits per heavy atom. The summed E-state index contributed by atoms with van der Waals surface area (Å²) in [6.07, 6.45) is 58.1. The summed E-state index contributed by atoms with van der Waals surface area (Å²) in [5.41, 5.74) is 0. The summed E-state index contributed by atoms with van der Waals surface area (Å²) in [5, 5.41) is 0. The third-order valence-corrected chi connectivity index (χ3v) is 14.0. The number of rotatable bonds is 55. The molecule has 0 rings (SSSR count). The Kier molecular flexibility index (Phi) is 52.5. The third-order valence-electron chi connectivity index (χ3n) is 14.0. The molecule has 0 aromatic heterocycles. The number of carbonyl (C=O) groups is 3. The van der Waals surface area contributed by atoms with E-state index in [0.29, 0.717) is 19.3 Å². The van der Waals surface area contributed by atoms with Crippen LogP contribution in [0.2, 0.25) is 0 Å². The molecule has 0 saturated heterocycles. The van der Waals surface area contributed by atoms with Gasteiger partial charge in [-0.2, -0.15) is 0 Å². The molecule has 0 fully saturated rings.